The predicted molar refractivity (Wildman–Crippen MR) is 58.3 cm³/mol. The molecule has 0 bridgehead atoms. The maximum atomic E-state index is 9.04. The molecule has 0 fully saturated rings. The molecule has 0 aliphatic rings. The van der Waals surface area contributed by atoms with Crippen LogP contribution in [-0.2, 0) is 0 Å². The first-order chi connectivity index (χ1) is 7.30. The summed E-state index contributed by atoms with van der Waals surface area (Å²) in [5.41, 5.74) is 1.17. The summed E-state index contributed by atoms with van der Waals surface area (Å²) in [7, 11) is 0. The maximum absolute atomic E-state index is 9.04. The summed E-state index contributed by atoms with van der Waals surface area (Å²) in [6.45, 7) is 3.64. The van der Waals surface area contributed by atoms with E-state index in [1.54, 1.807) is 24.4 Å². The molecule has 1 rings (SSSR count). The van der Waals surface area contributed by atoms with Crippen molar-refractivity contribution in [2.45, 2.75) is 12.5 Å². The molecule has 1 aromatic rings. The molecule has 0 radical (unpaired) electrons. The van der Waals surface area contributed by atoms with Crippen LogP contribution in [0, 0.1) is 11.3 Å². The topological polar surface area (TPSA) is 68.9 Å². The van der Waals surface area contributed by atoms with E-state index < -0.39 is 0 Å². The van der Waals surface area contributed by atoms with Crippen LogP contribution in [0.5, 0.6) is 0 Å². The second-order valence-corrected chi connectivity index (χ2v) is 3.09. The van der Waals surface area contributed by atoms with E-state index in [2.05, 4.69) is 16.9 Å². The van der Waals surface area contributed by atoms with Gasteiger partial charge in [0.05, 0.1) is 24.5 Å². The number of nitrogens with one attached hydrogen (secondary N) is 1. The molecule has 0 aromatic carbocycles. The molecule has 1 atom stereocenters. The third-order valence-electron chi connectivity index (χ3n) is 1.92. The zero-order valence-electron chi connectivity index (χ0n) is 8.35. The first-order valence-corrected chi connectivity index (χ1v) is 4.64. The summed E-state index contributed by atoms with van der Waals surface area (Å²) in [5.74, 6) is 0. The van der Waals surface area contributed by atoms with Crippen molar-refractivity contribution < 1.29 is 5.11 Å². The van der Waals surface area contributed by atoms with E-state index in [0.717, 1.165) is 5.69 Å². The lowest BCUT2D eigenvalue weighted by Crippen LogP contribution is -2.22. The van der Waals surface area contributed by atoms with E-state index in [4.69, 9.17) is 10.4 Å². The second-order valence-electron chi connectivity index (χ2n) is 3.09. The van der Waals surface area contributed by atoms with Crippen molar-refractivity contribution in [3.63, 3.8) is 0 Å². The molecular weight excluding hydrogens is 190 g/mol. The number of hydrogen-bond acceptors (Lipinski definition) is 4. The number of pyridine rings is 1. The van der Waals surface area contributed by atoms with Crippen molar-refractivity contribution in [2.75, 3.05) is 11.9 Å². The summed E-state index contributed by atoms with van der Waals surface area (Å²) in [5, 5.41) is 20.7. The first-order valence-electron chi connectivity index (χ1n) is 4.64. The molecule has 15 heavy (non-hydrogen) atoms. The van der Waals surface area contributed by atoms with Crippen LogP contribution in [0.2, 0.25) is 0 Å². The van der Waals surface area contributed by atoms with Gasteiger partial charge in [0, 0.05) is 0 Å². The van der Waals surface area contributed by atoms with E-state index in [-0.39, 0.29) is 12.6 Å². The number of rotatable bonds is 5. The minimum atomic E-state index is -0.0581. The Labute approximate surface area is 88.9 Å². The highest BCUT2D eigenvalue weighted by molar-refractivity contribution is 5.43. The summed E-state index contributed by atoms with van der Waals surface area (Å²) in [6.07, 6.45) is 3.99. The standard InChI is InChI=1S/C11H13N3O/c1-2-3-11(8-15)14-10-5-4-9(6-12)13-7-10/h2,4-5,7,11,14-15H,1,3,8H2/t11-/m1/s1. The highest BCUT2D eigenvalue weighted by Gasteiger charge is 2.04. The van der Waals surface area contributed by atoms with Crippen molar-refractivity contribution in [3.05, 3.63) is 36.7 Å². The number of aromatic nitrogens is 1. The van der Waals surface area contributed by atoms with Gasteiger partial charge < -0.3 is 10.4 Å². The first kappa shape index (κ1) is 11.2. The van der Waals surface area contributed by atoms with Gasteiger partial charge in [-0.15, -0.1) is 6.58 Å². The Morgan fingerprint density at radius 3 is 2.93 bits per heavy atom. The molecule has 0 unspecified atom stereocenters. The monoisotopic (exact) mass is 203 g/mol. The molecular formula is C11H13N3O. The fourth-order valence-electron chi connectivity index (χ4n) is 1.16. The fraction of sp³-hybridized carbons (Fsp3) is 0.273. The molecule has 2 N–H and O–H groups in total. The molecule has 0 aliphatic carbocycles. The third kappa shape index (κ3) is 3.41. The lowest BCUT2D eigenvalue weighted by Gasteiger charge is -2.15. The average molecular weight is 203 g/mol. The van der Waals surface area contributed by atoms with Gasteiger partial charge in [-0.25, -0.2) is 4.98 Å². The van der Waals surface area contributed by atoms with E-state index in [9.17, 15) is 0 Å². The van der Waals surface area contributed by atoms with E-state index >= 15 is 0 Å². The summed E-state index contributed by atoms with van der Waals surface area (Å²) in [4.78, 5) is 3.91. The van der Waals surface area contributed by atoms with Crippen molar-refractivity contribution in [1.82, 2.24) is 4.98 Å². The number of aliphatic hydroxyl groups is 1. The van der Waals surface area contributed by atoms with Crippen molar-refractivity contribution >= 4 is 5.69 Å². The largest absolute Gasteiger partial charge is 0.394 e. The van der Waals surface area contributed by atoms with Crippen LogP contribution in [0.25, 0.3) is 0 Å². The lowest BCUT2D eigenvalue weighted by molar-refractivity contribution is 0.275. The van der Waals surface area contributed by atoms with Gasteiger partial charge in [0.25, 0.3) is 0 Å². The summed E-state index contributed by atoms with van der Waals surface area (Å²) < 4.78 is 0. The van der Waals surface area contributed by atoms with E-state index in [1.165, 1.54) is 0 Å². The molecule has 4 nitrogen and oxygen atoms in total. The minimum Gasteiger partial charge on any atom is -0.394 e. The Morgan fingerprint density at radius 1 is 1.67 bits per heavy atom. The van der Waals surface area contributed by atoms with Gasteiger partial charge in [-0.2, -0.15) is 5.26 Å². The molecule has 1 heterocycles. The fourth-order valence-corrected chi connectivity index (χ4v) is 1.16. The van der Waals surface area contributed by atoms with Crippen molar-refractivity contribution in [3.8, 4) is 6.07 Å². The Kier molecular flexibility index (Phi) is 4.32. The quantitative estimate of drug-likeness (QED) is 0.708. The highest BCUT2D eigenvalue weighted by atomic mass is 16.3. The minimum absolute atomic E-state index is 0.0338. The molecule has 78 valence electrons. The summed E-state index contributed by atoms with van der Waals surface area (Å²) in [6, 6.07) is 5.27. The van der Waals surface area contributed by atoms with Gasteiger partial charge in [-0.05, 0) is 18.6 Å². The highest BCUT2D eigenvalue weighted by Crippen LogP contribution is 2.08. The molecule has 0 saturated carbocycles. The normalized spacial score (nSPS) is 11.5. The zero-order chi connectivity index (χ0) is 11.1. The van der Waals surface area contributed by atoms with Crippen molar-refractivity contribution in [2.24, 2.45) is 0 Å². The van der Waals surface area contributed by atoms with Crippen LogP contribution >= 0.6 is 0 Å². The molecule has 4 heteroatoms. The van der Waals surface area contributed by atoms with Gasteiger partial charge in [-0.3, -0.25) is 0 Å². The van der Waals surface area contributed by atoms with Crippen LogP contribution in [0.4, 0.5) is 5.69 Å². The smallest absolute Gasteiger partial charge is 0.140 e. The van der Waals surface area contributed by atoms with Crippen LogP contribution < -0.4 is 5.32 Å². The van der Waals surface area contributed by atoms with Gasteiger partial charge in [0.15, 0.2) is 0 Å². The summed E-state index contributed by atoms with van der Waals surface area (Å²) >= 11 is 0. The Morgan fingerprint density at radius 2 is 2.47 bits per heavy atom. The SMILES string of the molecule is C=CC[C@H](CO)Nc1ccc(C#N)nc1. The molecule has 0 saturated heterocycles. The van der Waals surface area contributed by atoms with Crippen LogP contribution in [0.1, 0.15) is 12.1 Å². The number of aliphatic hydroxyl groups excluding tert-OH is 1. The average Bonchev–Trinajstić information content (AvgIpc) is 2.29. The van der Waals surface area contributed by atoms with E-state index in [0.29, 0.717) is 12.1 Å². The van der Waals surface area contributed by atoms with Crippen molar-refractivity contribution in [1.29, 1.82) is 5.26 Å². The maximum Gasteiger partial charge on any atom is 0.140 e. The number of nitriles is 1. The second kappa shape index (κ2) is 5.78. The van der Waals surface area contributed by atoms with Crippen LogP contribution in [0.15, 0.2) is 31.0 Å². The van der Waals surface area contributed by atoms with Gasteiger partial charge in [0.2, 0.25) is 0 Å². The number of anilines is 1. The molecule has 0 amide bonds. The van der Waals surface area contributed by atoms with Crippen LogP contribution in [0.3, 0.4) is 0 Å². The third-order valence-corrected chi connectivity index (χ3v) is 1.92. The van der Waals surface area contributed by atoms with Gasteiger partial charge >= 0.3 is 0 Å². The Bertz CT molecular complexity index is 353. The molecule has 0 aliphatic heterocycles. The predicted octanol–water partition coefficient (Wildman–Crippen LogP) is 1.30. The Balaban J connectivity index is 2.63. The molecule has 0 spiro atoms. The Hall–Kier alpha value is -1.86. The van der Waals surface area contributed by atoms with Gasteiger partial charge in [0.1, 0.15) is 11.8 Å². The van der Waals surface area contributed by atoms with Gasteiger partial charge in [-0.1, -0.05) is 6.08 Å². The lowest BCUT2D eigenvalue weighted by atomic mass is 10.2. The van der Waals surface area contributed by atoms with E-state index in [1.807, 2.05) is 6.07 Å². The van der Waals surface area contributed by atoms with Crippen LogP contribution in [-0.4, -0.2) is 22.7 Å². The molecule has 1 aromatic heterocycles. The number of hydrogen-bond donors (Lipinski definition) is 2. The zero-order valence-corrected chi connectivity index (χ0v) is 8.35. The number of nitrogens with zero attached hydrogens (tertiary/aromatic N) is 2.